The number of rotatable bonds is 2. The van der Waals surface area contributed by atoms with E-state index < -0.39 is 0 Å². The third kappa shape index (κ3) is 2.27. The smallest absolute Gasteiger partial charge is 0.211 e. The molecule has 0 saturated carbocycles. The van der Waals surface area contributed by atoms with Crippen LogP contribution in [-0.4, -0.2) is 27.3 Å². The van der Waals surface area contributed by atoms with E-state index in [1.807, 2.05) is 0 Å². The summed E-state index contributed by atoms with van der Waals surface area (Å²) < 4.78 is 0. The molecule has 1 rings (SSSR count). The van der Waals surface area contributed by atoms with Crippen molar-refractivity contribution in [1.29, 1.82) is 0 Å². The Morgan fingerprint density at radius 2 is 2.25 bits per heavy atom. The predicted octanol–water partition coefficient (Wildman–Crippen LogP) is 1.21. The van der Waals surface area contributed by atoms with Crippen molar-refractivity contribution in [2.75, 3.05) is 6.26 Å². The highest BCUT2D eigenvalue weighted by molar-refractivity contribution is 7.98. The van der Waals surface area contributed by atoms with Gasteiger partial charge in [0.05, 0.1) is 0 Å². The van der Waals surface area contributed by atoms with Gasteiger partial charge in [0, 0.05) is 0 Å². The summed E-state index contributed by atoms with van der Waals surface area (Å²) in [6, 6.07) is 0. The second-order valence-electron chi connectivity index (χ2n) is 1.59. The lowest BCUT2D eigenvalue weighted by Crippen LogP contribution is -1.90. The highest BCUT2D eigenvalue weighted by Crippen LogP contribution is 2.14. The molecule has 0 bridgehead atoms. The average Bonchev–Trinajstić information content (AvgIpc) is 2.04. The van der Waals surface area contributed by atoms with Crippen LogP contribution in [0.15, 0.2) is 10.1 Å². The van der Waals surface area contributed by atoms with E-state index in [1.54, 1.807) is 6.26 Å². The van der Waals surface area contributed by atoms with Crippen LogP contribution in [0.1, 0.15) is 0 Å². The highest BCUT2D eigenvalue weighted by Gasteiger charge is 2.01. The van der Waals surface area contributed by atoms with Gasteiger partial charge in [0.2, 0.25) is 11.4 Å². The van der Waals surface area contributed by atoms with E-state index >= 15 is 0 Å². The van der Waals surface area contributed by atoms with Crippen LogP contribution in [0.25, 0.3) is 0 Å². The van der Waals surface area contributed by atoms with Gasteiger partial charge in [-0.1, -0.05) is 11.8 Å². The molecule has 12 heavy (non-hydrogen) atoms. The molecule has 1 heterocycles. The molecule has 0 aliphatic carbocycles. The maximum atomic E-state index is 9.84. The van der Waals surface area contributed by atoms with Crippen LogP contribution in [-0.2, 0) is 4.79 Å². The van der Waals surface area contributed by atoms with Crippen molar-refractivity contribution in [3.63, 3.8) is 0 Å². The first-order valence-electron chi connectivity index (χ1n) is 2.79. The van der Waals surface area contributed by atoms with Gasteiger partial charge in [-0.25, -0.2) is 4.79 Å². The van der Waals surface area contributed by atoms with Crippen molar-refractivity contribution in [1.82, 2.24) is 15.0 Å². The molecule has 7 heteroatoms. The van der Waals surface area contributed by atoms with Crippen molar-refractivity contribution >= 4 is 35.4 Å². The van der Waals surface area contributed by atoms with Gasteiger partial charge in [-0.15, -0.1) is 4.99 Å². The van der Waals surface area contributed by atoms with Crippen LogP contribution < -0.4 is 0 Å². The summed E-state index contributed by atoms with van der Waals surface area (Å²) in [5.41, 5.74) is 0. The molecule has 0 fully saturated rings. The molecule has 0 unspecified atom stereocenters. The van der Waals surface area contributed by atoms with Gasteiger partial charge in [-0.2, -0.15) is 15.0 Å². The fourth-order valence-corrected chi connectivity index (χ4v) is 1.06. The zero-order valence-electron chi connectivity index (χ0n) is 5.98. The molecule has 5 nitrogen and oxygen atoms in total. The molecule has 0 atom stereocenters. The summed E-state index contributed by atoms with van der Waals surface area (Å²) >= 11 is 6.79. The fourth-order valence-electron chi connectivity index (χ4n) is 0.504. The molecule has 0 aromatic carbocycles. The van der Waals surface area contributed by atoms with Crippen LogP contribution in [0.3, 0.4) is 0 Å². The SMILES string of the molecule is CSc1nc(Cl)nc(N=C=O)n1. The minimum atomic E-state index is -0.0191. The maximum Gasteiger partial charge on any atom is 0.265 e. The summed E-state index contributed by atoms with van der Waals surface area (Å²) in [6.45, 7) is 0. The standard InChI is InChI=1S/C5H3ClN4OS/c1-12-5-9-3(6)8-4(10-5)7-2-11/h1H3. The molecule has 0 saturated heterocycles. The molecule has 0 aliphatic heterocycles. The molecule has 1 aromatic heterocycles. The Hall–Kier alpha value is -0.970. The van der Waals surface area contributed by atoms with Crippen LogP contribution in [0.4, 0.5) is 5.95 Å². The lowest BCUT2D eigenvalue weighted by atomic mass is 10.9. The number of halogens is 1. The lowest BCUT2D eigenvalue weighted by Gasteiger charge is -1.94. The topological polar surface area (TPSA) is 68.1 Å². The highest BCUT2D eigenvalue weighted by atomic mass is 35.5. The minimum Gasteiger partial charge on any atom is -0.211 e. The molecule has 62 valence electrons. The number of thioether (sulfide) groups is 1. The molecule has 0 aliphatic rings. The molecule has 0 spiro atoms. The van der Waals surface area contributed by atoms with Crippen LogP contribution in [0.5, 0.6) is 0 Å². The lowest BCUT2D eigenvalue weighted by molar-refractivity contribution is 0.565. The van der Waals surface area contributed by atoms with Crippen molar-refractivity contribution in [2.45, 2.75) is 5.16 Å². The van der Waals surface area contributed by atoms with Crippen LogP contribution in [0, 0.1) is 0 Å². The van der Waals surface area contributed by atoms with Crippen LogP contribution >= 0.6 is 23.4 Å². The minimum absolute atomic E-state index is 0.0170. The van der Waals surface area contributed by atoms with Crippen molar-refractivity contribution in [3.8, 4) is 0 Å². The largest absolute Gasteiger partial charge is 0.265 e. The number of nitrogens with zero attached hydrogens (tertiary/aromatic N) is 4. The number of hydrogen-bond donors (Lipinski definition) is 0. The van der Waals surface area contributed by atoms with E-state index in [2.05, 4.69) is 19.9 Å². The Balaban J connectivity index is 3.14. The van der Waals surface area contributed by atoms with E-state index in [0.717, 1.165) is 0 Å². The Labute approximate surface area is 77.3 Å². The Morgan fingerprint density at radius 3 is 2.83 bits per heavy atom. The predicted molar refractivity (Wildman–Crippen MR) is 44.4 cm³/mol. The first-order chi connectivity index (χ1) is 5.76. The molecule has 0 radical (unpaired) electrons. The van der Waals surface area contributed by atoms with Crippen molar-refractivity contribution < 1.29 is 4.79 Å². The van der Waals surface area contributed by atoms with Gasteiger partial charge >= 0.3 is 0 Å². The second-order valence-corrected chi connectivity index (χ2v) is 2.71. The van der Waals surface area contributed by atoms with Gasteiger partial charge in [-0.05, 0) is 17.9 Å². The normalized spacial score (nSPS) is 9.17. The van der Waals surface area contributed by atoms with Gasteiger partial charge < -0.3 is 0 Å². The fraction of sp³-hybridized carbons (Fsp3) is 0.200. The molecular formula is C5H3ClN4OS. The van der Waals surface area contributed by atoms with Gasteiger partial charge in [0.15, 0.2) is 5.16 Å². The first kappa shape index (κ1) is 9.12. The molecule has 0 amide bonds. The number of carbonyl (C=O) groups excluding carboxylic acids is 1. The van der Waals surface area contributed by atoms with Crippen LogP contribution in [0.2, 0.25) is 5.28 Å². The first-order valence-corrected chi connectivity index (χ1v) is 4.40. The number of hydrogen-bond acceptors (Lipinski definition) is 6. The number of aromatic nitrogens is 3. The van der Waals surface area contributed by atoms with E-state index in [-0.39, 0.29) is 11.2 Å². The van der Waals surface area contributed by atoms with E-state index in [0.29, 0.717) is 5.16 Å². The summed E-state index contributed by atoms with van der Waals surface area (Å²) in [5.74, 6) is -0.0191. The van der Waals surface area contributed by atoms with Crippen molar-refractivity contribution in [2.24, 2.45) is 4.99 Å². The number of isocyanates is 1. The monoisotopic (exact) mass is 202 g/mol. The Kier molecular flexibility index (Phi) is 3.16. The third-order valence-electron chi connectivity index (χ3n) is 0.904. The van der Waals surface area contributed by atoms with Gasteiger partial charge in [0.1, 0.15) is 0 Å². The van der Waals surface area contributed by atoms with Crippen molar-refractivity contribution in [3.05, 3.63) is 5.28 Å². The van der Waals surface area contributed by atoms with E-state index in [4.69, 9.17) is 11.6 Å². The molecule has 0 N–H and O–H groups in total. The molecule has 1 aromatic rings. The summed E-state index contributed by atoms with van der Waals surface area (Å²) in [5, 5.41) is 0.437. The van der Waals surface area contributed by atoms with Gasteiger partial charge in [-0.3, -0.25) is 0 Å². The molecular weight excluding hydrogens is 200 g/mol. The Morgan fingerprint density at radius 1 is 1.50 bits per heavy atom. The zero-order valence-corrected chi connectivity index (χ0v) is 7.56. The quantitative estimate of drug-likeness (QED) is 0.410. The summed E-state index contributed by atoms with van der Waals surface area (Å²) in [7, 11) is 0. The Bertz CT molecular complexity index is 338. The zero-order chi connectivity index (χ0) is 8.97. The summed E-state index contributed by atoms with van der Waals surface area (Å²) in [4.78, 5) is 24.1. The van der Waals surface area contributed by atoms with E-state index in [9.17, 15) is 4.79 Å². The van der Waals surface area contributed by atoms with Gasteiger partial charge in [0.25, 0.3) is 5.95 Å². The average molecular weight is 203 g/mol. The maximum absolute atomic E-state index is 9.84. The summed E-state index contributed by atoms with van der Waals surface area (Å²) in [6.07, 6.45) is 3.09. The number of aliphatic imine (C=N–C) groups is 1. The van der Waals surface area contributed by atoms with E-state index in [1.165, 1.54) is 17.8 Å². The third-order valence-corrected chi connectivity index (χ3v) is 1.62. The second kappa shape index (κ2) is 4.15.